The lowest BCUT2D eigenvalue weighted by Crippen LogP contribution is -2.28. The molecule has 1 heterocycles. The van der Waals surface area contributed by atoms with Gasteiger partial charge in [0.05, 0.1) is 5.41 Å². The van der Waals surface area contributed by atoms with Crippen molar-refractivity contribution in [2.24, 2.45) is 0 Å². The molecule has 0 fully saturated rings. The molecule has 1 N–H and O–H groups in total. The summed E-state index contributed by atoms with van der Waals surface area (Å²) in [7, 11) is 0. The van der Waals surface area contributed by atoms with Gasteiger partial charge in [-0.05, 0) is 58.5 Å². The van der Waals surface area contributed by atoms with E-state index in [4.69, 9.17) is 0 Å². The molecule has 1 aliphatic carbocycles. The second kappa shape index (κ2) is 7.50. The average molecular weight is 424 g/mol. The van der Waals surface area contributed by atoms with Crippen molar-refractivity contribution in [1.82, 2.24) is 4.98 Å². The van der Waals surface area contributed by atoms with Crippen LogP contribution in [0.3, 0.4) is 0 Å². The van der Waals surface area contributed by atoms with Gasteiger partial charge in [-0.3, -0.25) is 0 Å². The van der Waals surface area contributed by atoms with E-state index in [2.05, 4.69) is 121 Å². The van der Waals surface area contributed by atoms with E-state index in [0.717, 1.165) is 5.57 Å². The molecule has 0 aliphatic heterocycles. The molecule has 0 saturated carbocycles. The maximum atomic E-state index is 4.66. The Morgan fingerprint density at radius 1 is 0.727 bits per heavy atom. The van der Waals surface area contributed by atoms with Gasteiger partial charge in [0.1, 0.15) is 0 Å². The van der Waals surface area contributed by atoms with Crippen molar-refractivity contribution < 1.29 is 0 Å². The maximum absolute atomic E-state index is 4.66. The van der Waals surface area contributed by atoms with E-state index in [-0.39, 0.29) is 0 Å². The van der Waals surface area contributed by atoms with Crippen molar-refractivity contribution in [2.75, 3.05) is 0 Å². The van der Waals surface area contributed by atoms with Gasteiger partial charge in [0.2, 0.25) is 0 Å². The molecule has 4 aromatic carbocycles. The molecule has 0 saturated heterocycles. The van der Waals surface area contributed by atoms with Crippen LogP contribution in [0.2, 0.25) is 0 Å². The first kappa shape index (κ1) is 19.6. The summed E-state index contributed by atoms with van der Waals surface area (Å²) < 4.78 is 0. The first-order valence-corrected chi connectivity index (χ1v) is 11.4. The number of hydrogen-bond donors (Lipinski definition) is 1. The molecule has 0 bridgehead atoms. The van der Waals surface area contributed by atoms with Crippen LogP contribution in [0.25, 0.3) is 32.9 Å². The number of hydrogen-bond acceptors (Lipinski definition) is 0. The second-order valence-electron chi connectivity index (χ2n) is 8.69. The molecule has 0 amide bonds. The summed E-state index contributed by atoms with van der Waals surface area (Å²) in [6, 6.07) is 32.9. The van der Waals surface area contributed by atoms with Crippen LogP contribution in [-0.4, -0.2) is 4.98 Å². The molecule has 5 aromatic rings. The Balaban J connectivity index is 1.76. The van der Waals surface area contributed by atoms with E-state index >= 15 is 0 Å². The van der Waals surface area contributed by atoms with Crippen LogP contribution in [0.4, 0.5) is 0 Å². The SMILES string of the molecule is C=C(/C=C\C=C/C)C1(c2ccccc2)c2ccccc2-c2cc3[nH]c4ccccc4c3cc21. The molecule has 158 valence electrons. The minimum absolute atomic E-state index is 0.447. The Morgan fingerprint density at radius 2 is 1.48 bits per heavy atom. The van der Waals surface area contributed by atoms with Gasteiger partial charge in [-0.15, -0.1) is 0 Å². The zero-order valence-electron chi connectivity index (χ0n) is 18.7. The molecule has 0 spiro atoms. The lowest BCUT2D eigenvalue weighted by atomic mass is 9.67. The smallest absolute Gasteiger partial charge is 0.0708 e. The van der Waals surface area contributed by atoms with Gasteiger partial charge in [0, 0.05) is 21.8 Å². The quantitative estimate of drug-likeness (QED) is 0.280. The molecule has 1 unspecified atom stereocenters. The van der Waals surface area contributed by atoms with Crippen molar-refractivity contribution in [2.45, 2.75) is 12.3 Å². The maximum Gasteiger partial charge on any atom is 0.0708 e. The third kappa shape index (κ3) is 2.72. The van der Waals surface area contributed by atoms with Gasteiger partial charge in [-0.2, -0.15) is 0 Å². The zero-order valence-corrected chi connectivity index (χ0v) is 18.7. The number of aromatic amines is 1. The van der Waals surface area contributed by atoms with Crippen molar-refractivity contribution in [3.8, 4) is 11.1 Å². The Morgan fingerprint density at radius 3 is 2.33 bits per heavy atom. The van der Waals surface area contributed by atoms with Crippen molar-refractivity contribution in [3.63, 3.8) is 0 Å². The molecule has 1 aromatic heterocycles. The van der Waals surface area contributed by atoms with Crippen LogP contribution < -0.4 is 0 Å². The standard InChI is InChI=1S/C32H25N/c1-3-4-6-13-22(2)32(23-14-7-5-8-15-23)28-18-11-9-16-24(28)26-21-31-27(20-29(26)32)25-17-10-12-19-30(25)33-31/h3-21,33H,2H2,1H3/b4-3-,13-6-. The third-order valence-corrected chi connectivity index (χ3v) is 6.96. The van der Waals surface area contributed by atoms with Crippen LogP contribution in [-0.2, 0) is 5.41 Å². The summed E-state index contributed by atoms with van der Waals surface area (Å²) in [5, 5.41) is 2.51. The van der Waals surface area contributed by atoms with E-state index < -0.39 is 5.41 Å². The minimum atomic E-state index is -0.447. The van der Waals surface area contributed by atoms with Crippen LogP contribution in [0, 0.1) is 0 Å². The predicted molar refractivity (Wildman–Crippen MR) is 141 cm³/mol. The largest absolute Gasteiger partial charge is 0.354 e. The number of H-pyrrole nitrogens is 1. The van der Waals surface area contributed by atoms with Gasteiger partial charge in [-0.25, -0.2) is 0 Å². The van der Waals surface area contributed by atoms with E-state index in [9.17, 15) is 0 Å². The van der Waals surface area contributed by atoms with Crippen molar-refractivity contribution in [3.05, 3.63) is 144 Å². The number of rotatable bonds is 4. The van der Waals surface area contributed by atoms with Gasteiger partial charge in [0.25, 0.3) is 0 Å². The van der Waals surface area contributed by atoms with Gasteiger partial charge in [0.15, 0.2) is 0 Å². The fourth-order valence-electron chi connectivity index (χ4n) is 5.56. The van der Waals surface area contributed by atoms with E-state index in [1.54, 1.807) is 0 Å². The Labute approximate surface area is 194 Å². The summed E-state index contributed by atoms with van der Waals surface area (Å²) in [4.78, 5) is 3.63. The molecule has 1 atom stereocenters. The number of nitrogens with one attached hydrogen (secondary N) is 1. The van der Waals surface area contributed by atoms with Crippen LogP contribution in [0.5, 0.6) is 0 Å². The highest BCUT2D eigenvalue weighted by atomic mass is 14.7. The number of aromatic nitrogens is 1. The second-order valence-corrected chi connectivity index (χ2v) is 8.69. The molecule has 1 heteroatoms. The molecule has 1 nitrogen and oxygen atoms in total. The first-order valence-electron chi connectivity index (χ1n) is 11.4. The number of benzene rings is 4. The monoisotopic (exact) mass is 423 g/mol. The van der Waals surface area contributed by atoms with Gasteiger partial charge < -0.3 is 4.98 Å². The average Bonchev–Trinajstić information content (AvgIpc) is 3.37. The third-order valence-electron chi connectivity index (χ3n) is 6.96. The normalized spacial score (nSPS) is 17.2. The predicted octanol–water partition coefficient (Wildman–Crippen LogP) is 8.32. The van der Waals surface area contributed by atoms with E-state index in [1.165, 1.54) is 49.6 Å². The van der Waals surface area contributed by atoms with E-state index in [1.807, 2.05) is 13.0 Å². The Hall–Kier alpha value is -4.10. The number of fused-ring (bicyclic) bond motifs is 6. The first-order chi connectivity index (χ1) is 16.2. The van der Waals surface area contributed by atoms with Gasteiger partial charge in [-0.1, -0.05) is 104 Å². The topological polar surface area (TPSA) is 15.8 Å². The summed E-state index contributed by atoms with van der Waals surface area (Å²) in [5.74, 6) is 0. The van der Waals surface area contributed by atoms with Crippen LogP contribution in [0.1, 0.15) is 23.6 Å². The fraction of sp³-hybridized carbons (Fsp3) is 0.0625. The molecule has 0 radical (unpaired) electrons. The molecular formula is C32H25N. The number of para-hydroxylation sites is 1. The lowest BCUT2D eigenvalue weighted by molar-refractivity contribution is 0.771. The highest BCUT2D eigenvalue weighted by molar-refractivity contribution is 6.10. The molecular weight excluding hydrogens is 398 g/mol. The Bertz CT molecular complexity index is 1580. The van der Waals surface area contributed by atoms with E-state index in [0.29, 0.717) is 0 Å². The van der Waals surface area contributed by atoms with Crippen LogP contribution in [0.15, 0.2) is 127 Å². The molecule has 6 rings (SSSR count). The summed E-state index contributed by atoms with van der Waals surface area (Å²) in [5.41, 5.74) is 9.33. The highest BCUT2D eigenvalue weighted by Gasteiger charge is 2.46. The summed E-state index contributed by atoms with van der Waals surface area (Å²) >= 11 is 0. The van der Waals surface area contributed by atoms with Crippen molar-refractivity contribution in [1.29, 1.82) is 0 Å². The van der Waals surface area contributed by atoms with Crippen molar-refractivity contribution >= 4 is 21.8 Å². The number of allylic oxidation sites excluding steroid dienone is 5. The van der Waals surface area contributed by atoms with Gasteiger partial charge >= 0.3 is 0 Å². The lowest BCUT2D eigenvalue weighted by Gasteiger charge is -2.34. The summed E-state index contributed by atoms with van der Waals surface area (Å²) in [6.45, 7) is 6.69. The summed E-state index contributed by atoms with van der Waals surface area (Å²) in [6.07, 6.45) is 8.37. The highest BCUT2D eigenvalue weighted by Crippen LogP contribution is 2.57. The zero-order chi connectivity index (χ0) is 22.4. The molecule has 33 heavy (non-hydrogen) atoms. The minimum Gasteiger partial charge on any atom is -0.354 e. The fourth-order valence-corrected chi connectivity index (χ4v) is 5.56. The molecule has 1 aliphatic rings. The Kier molecular flexibility index (Phi) is 4.45. The van der Waals surface area contributed by atoms with Crippen LogP contribution >= 0.6 is 0 Å².